The summed E-state index contributed by atoms with van der Waals surface area (Å²) in [5, 5.41) is 3.20. The van der Waals surface area contributed by atoms with E-state index in [2.05, 4.69) is 5.32 Å². The van der Waals surface area contributed by atoms with Crippen LogP contribution >= 0.6 is 0 Å². The van der Waals surface area contributed by atoms with Gasteiger partial charge in [0.25, 0.3) is 0 Å². The van der Waals surface area contributed by atoms with E-state index in [-0.39, 0.29) is 5.82 Å². The molecule has 1 aromatic rings. The minimum atomic E-state index is -0.0903. The minimum Gasteiger partial charge on any atom is -0.384 e. The lowest BCUT2D eigenvalue weighted by molar-refractivity contribution is 0.617. The summed E-state index contributed by atoms with van der Waals surface area (Å²) in [5.74, 6) is -0.0903. The van der Waals surface area contributed by atoms with E-state index in [1.807, 2.05) is 13.0 Å². The second-order valence-electron chi connectivity index (χ2n) is 2.88. The highest BCUT2D eigenvalue weighted by Gasteiger charge is 2.13. The molecule has 2 heteroatoms. The molecule has 0 amide bonds. The van der Waals surface area contributed by atoms with Crippen LogP contribution in [0.5, 0.6) is 0 Å². The number of fused-ring (bicyclic) bond motifs is 1. The van der Waals surface area contributed by atoms with Crippen LogP contribution in [0, 0.1) is 12.7 Å². The predicted molar refractivity (Wildman–Crippen MR) is 43.3 cm³/mol. The molecule has 0 unspecified atom stereocenters. The highest BCUT2D eigenvalue weighted by atomic mass is 19.1. The van der Waals surface area contributed by atoms with Crippen molar-refractivity contribution in [1.29, 1.82) is 0 Å². The van der Waals surface area contributed by atoms with Crippen molar-refractivity contribution in [3.63, 3.8) is 0 Å². The Labute approximate surface area is 65.2 Å². The van der Waals surface area contributed by atoms with Gasteiger partial charge in [0.2, 0.25) is 0 Å². The Balaban J connectivity index is 2.62. The van der Waals surface area contributed by atoms with E-state index in [1.165, 1.54) is 6.07 Å². The molecule has 1 nitrogen and oxygen atoms in total. The number of nitrogens with one attached hydrogen (secondary N) is 1. The van der Waals surface area contributed by atoms with Crippen LogP contribution in [0.15, 0.2) is 12.1 Å². The van der Waals surface area contributed by atoms with E-state index in [0.29, 0.717) is 0 Å². The molecular weight excluding hydrogens is 141 g/mol. The maximum Gasteiger partial charge on any atom is 0.126 e. The Morgan fingerprint density at radius 3 is 3.09 bits per heavy atom. The molecule has 1 aromatic carbocycles. The molecule has 0 spiro atoms. The van der Waals surface area contributed by atoms with Gasteiger partial charge in [0.05, 0.1) is 0 Å². The fraction of sp³-hybridized carbons (Fsp3) is 0.333. The Hall–Kier alpha value is -1.05. The fourth-order valence-corrected chi connectivity index (χ4v) is 1.54. The lowest BCUT2D eigenvalue weighted by Gasteiger charge is -2.03. The summed E-state index contributed by atoms with van der Waals surface area (Å²) in [4.78, 5) is 0. The van der Waals surface area contributed by atoms with Crippen molar-refractivity contribution in [2.75, 3.05) is 11.9 Å². The van der Waals surface area contributed by atoms with Crippen molar-refractivity contribution < 1.29 is 4.39 Å². The molecule has 11 heavy (non-hydrogen) atoms. The van der Waals surface area contributed by atoms with Crippen molar-refractivity contribution >= 4 is 5.69 Å². The second-order valence-corrected chi connectivity index (χ2v) is 2.88. The van der Waals surface area contributed by atoms with E-state index in [1.54, 1.807) is 0 Å². The molecule has 0 radical (unpaired) electrons. The first-order chi connectivity index (χ1) is 5.29. The van der Waals surface area contributed by atoms with Gasteiger partial charge in [-0.25, -0.2) is 4.39 Å². The van der Waals surface area contributed by atoms with Gasteiger partial charge < -0.3 is 5.32 Å². The third-order valence-electron chi connectivity index (χ3n) is 2.22. The Bertz CT molecular complexity index is 294. The average molecular weight is 151 g/mol. The zero-order chi connectivity index (χ0) is 7.84. The molecule has 58 valence electrons. The van der Waals surface area contributed by atoms with Crippen LogP contribution in [0.2, 0.25) is 0 Å². The quantitative estimate of drug-likeness (QED) is 0.598. The van der Waals surface area contributed by atoms with Crippen LogP contribution in [0.1, 0.15) is 11.1 Å². The molecule has 0 aromatic heterocycles. The topological polar surface area (TPSA) is 12.0 Å². The minimum absolute atomic E-state index is 0.0903. The van der Waals surface area contributed by atoms with Crippen LogP contribution < -0.4 is 5.32 Å². The molecule has 1 N–H and O–H groups in total. The van der Waals surface area contributed by atoms with Crippen LogP contribution in [0.25, 0.3) is 0 Å². The van der Waals surface area contributed by atoms with Gasteiger partial charge in [0, 0.05) is 12.2 Å². The van der Waals surface area contributed by atoms with Crippen molar-refractivity contribution in [3.8, 4) is 0 Å². The number of hydrogen-bond acceptors (Lipinski definition) is 1. The maximum atomic E-state index is 12.9. The summed E-state index contributed by atoms with van der Waals surface area (Å²) >= 11 is 0. The van der Waals surface area contributed by atoms with E-state index in [0.717, 1.165) is 29.8 Å². The van der Waals surface area contributed by atoms with Crippen LogP contribution in [-0.4, -0.2) is 6.54 Å². The SMILES string of the molecule is Cc1c(F)ccc2c1CCN2. The van der Waals surface area contributed by atoms with Gasteiger partial charge in [0.15, 0.2) is 0 Å². The molecule has 2 rings (SSSR count). The Morgan fingerprint density at radius 1 is 1.45 bits per heavy atom. The summed E-state index contributed by atoms with van der Waals surface area (Å²) in [7, 11) is 0. The van der Waals surface area contributed by atoms with Gasteiger partial charge in [-0.15, -0.1) is 0 Å². The van der Waals surface area contributed by atoms with Gasteiger partial charge in [-0.1, -0.05) is 0 Å². The van der Waals surface area contributed by atoms with Gasteiger partial charge >= 0.3 is 0 Å². The van der Waals surface area contributed by atoms with Crippen LogP contribution in [0.4, 0.5) is 10.1 Å². The van der Waals surface area contributed by atoms with Gasteiger partial charge in [-0.3, -0.25) is 0 Å². The predicted octanol–water partition coefficient (Wildman–Crippen LogP) is 2.10. The van der Waals surface area contributed by atoms with Crippen molar-refractivity contribution in [2.45, 2.75) is 13.3 Å². The molecule has 1 heterocycles. The first-order valence-electron chi connectivity index (χ1n) is 3.81. The molecule has 0 saturated heterocycles. The second kappa shape index (κ2) is 2.22. The summed E-state index contributed by atoms with van der Waals surface area (Å²) in [6.45, 7) is 2.78. The third kappa shape index (κ3) is 0.897. The van der Waals surface area contributed by atoms with Crippen molar-refractivity contribution in [2.24, 2.45) is 0 Å². The van der Waals surface area contributed by atoms with E-state index < -0.39 is 0 Å². The van der Waals surface area contributed by atoms with Crippen molar-refractivity contribution in [1.82, 2.24) is 0 Å². The standard InChI is InChI=1S/C9H10FN/c1-6-7-4-5-11-9(7)3-2-8(6)10/h2-3,11H,4-5H2,1H3. The van der Waals surface area contributed by atoms with Crippen LogP contribution in [0.3, 0.4) is 0 Å². The van der Waals surface area contributed by atoms with Crippen molar-refractivity contribution in [3.05, 3.63) is 29.1 Å². The molecule has 0 saturated carbocycles. The Kier molecular flexibility index (Phi) is 1.34. The summed E-state index contributed by atoms with van der Waals surface area (Å²) < 4.78 is 12.9. The molecule has 0 aliphatic carbocycles. The van der Waals surface area contributed by atoms with E-state index in [4.69, 9.17) is 0 Å². The smallest absolute Gasteiger partial charge is 0.126 e. The first kappa shape index (κ1) is 6.65. The average Bonchev–Trinajstić information content (AvgIpc) is 2.45. The molecule has 0 atom stereocenters. The summed E-state index contributed by atoms with van der Waals surface area (Å²) in [5.41, 5.74) is 3.04. The lowest BCUT2D eigenvalue weighted by Crippen LogP contribution is -1.90. The zero-order valence-electron chi connectivity index (χ0n) is 6.45. The van der Waals surface area contributed by atoms with Gasteiger partial charge in [0.1, 0.15) is 5.82 Å². The lowest BCUT2D eigenvalue weighted by atomic mass is 10.1. The highest BCUT2D eigenvalue weighted by molar-refractivity contribution is 5.58. The monoisotopic (exact) mass is 151 g/mol. The van der Waals surface area contributed by atoms with E-state index in [9.17, 15) is 4.39 Å². The molecular formula is C9H10FN. The highest BCUT2D eigenvalue weighted by Crippen LogP contribution is 2.26. The number of hydrogen-bond donors (Lipinski definition) is 1. The fourth-order valence-electron chi connectivity index (χ4n) is 1.54. The van der Waals surface area contributed by atoms with Crippen LogP contribution in [-0.2, 0) is 6.42 Å². The largest absolute Gasteiger partial charge is 0.384 e. The normalized spacial score (nSPS) is 14.4. The van der Waals surface area contributed by atoms with Gasteiger partial charge in [-0.2, -0.15) is 0 Å². The third-order valence-corrected chi connectivity index (χ3v) is 2.22. The number of halogens is 1. The number of benzene rings is 1. The Morgan fingerprint density at radius 2 is 2.27 bits per heavy atom. The molecule has 1 aliphatic heterocycles. The summed E-state index contributed by atoms with van der Waals surface area (Å²) in [6.07, 6.45) is 0.957. The molecule has 0 fully saturated rings. The summed E-state index contributed by atoms with van der Waals surface area (Å²) in [6, 6.07) is 3.33. The number of anilines is 1. The zero-order valence-corrected chi connectivity index (χ0v) is 6.45. The van der Waals surface area contributed by atoms with Gasteiger partial charge in [-0.05, 0) is 36.6 Å². The molecule has 1 aliphatic rings. The first-order valence-corrected chi connectivity index (χ1v) is 3.81. The molecule has 0 bridgehead atoms. The van der Waals surface area contributed by atoms with E-state index >= 15 is 0 Å². The number of rotatable bonds is 0. The maximum absolute atomic E-state index is 12.9.